The molecule has 0 rings (SSSR count). The fraction of sp³-hybridized carbons (Fsp3) is 0.500. The second kappa shape index (κ2) is 4.66. The van der Waals surface area contributed by atoms with E-state index >= 15 is 0 Å². The summed E-state index contributed by atoms with van der Waals surface area (Å²) in [5, 5.41) is 0. The third-order valence-corrected chi connectivity index (χ3v) is 0.401. The van der Waals surface area contributed by atoms with Gasteiger partial charge in [-0.05, 0) is 0 Å². The Kier molecular flexibility index (Phi) is 7.70. The Morgan fingerprint density at radius 3 is 1.43 bits per heavy atom. The third-order valence-electron chi connectivity index (χ3n) is 0.134. The van der Waals surface area contributed by atoms with E-state index in [1.807, 2.05) is 0 Å². The van der Waals surface area contributed by atoms with E-state index < -0.39 is 3.79 Å². The molecule has 0 amide bonds. The Hall–Kier alpha value is 1.80. The first-order valence-corrected chi connectivity index (χ1v) is 2.23. The van der Waals surface area contributed by atoms with Crippen molar-refractivity contribution in [2.75, 3.05) is 0 Å². The first-order valence-electron chi connectivity index (χ1n) is 1.09. The number of aldehydes is 1. The number of halogens is 3. The van der Waals surface area contributed by atoms with Crippen LogP contribution in [0.3, 0.4) is 0 Å². The summed E-state index contributed by atoms with van der Waals surface area (Å²) in [7, 11) is 0. The fourth-order valence-corrected chi connectivity index (χ4v) is 0. The minimum Gasteiger partial charge on any atom is -0.299 e. The maximum Gasteiger partial charge on any atom is 0.245 e. The summed E-state index contributed by atoms with van der Waals surface area (Å²) in [6, 6.07) is 0. The van der Waals surface area contributed by atoms with Gasteiger partial charge in [-0.3, -0.25) is 4.79 Å². The molecule has 0 saturated heterocycles. The van der Waals surface area contributed by atoms with Crippen LogP contribution in [0.25, 0.3) is 0 Å². The summed E-state index contributed by atoms with van der Waals surface area (Å²) in [4.78, 5) is 9.43. The van der Waals surface area contributed by atoms with Crippen LogP contribution in [-0.4, -0.2) is 47.8 Å². The van der Waals surface area contributed by atoms with E-state index in [1.165, 1.54) is 0 Å². The Morgan fingerprint density at radius 1 is 1.29 bits per heavy atom. The van der Waals surface area contributed by atoms with Gasteiger partial charge in [0.2, 0.25) is 3.79 Å². The SMILES string of the molecule is O=CC(Cl)(Cl)Cl.[Ca]. The average molecular weight is 187 g/mol. The van der Waals surface area contributed by atoms with Crippen molar-refractivity contribution in [2.24, 2.45) is 0 Å². The number of hydrogen-bond acceptors (Lipinski definition) is 1. The zero-order valence-corrected chi connectivity index (χ0v) is 7.80. The molecule has 1 nitrogen and oxygen atoms in total. The summed E-state index contributed by atoms with van der Waals surface area (Å²) in [5.74, 6) is 0. The van der Waals surface area contributed by atoms with Gasteiger partial charge in [0.25, 0.3) is 0 Å². The van der Waals surface area contributed by atoms with Crippen LogP contribution in [-0.2, 0) is 4.79 Å². The van der Waals surface area contributed by atoms with Crippen molar-refractivity contribution in [3.8, 4) is 0 Å². The summed E-state index contributed by atoms with van der Waals surface area (Å²) in [6.07, 6.45) is 0.234. The molecule has 0 aliphatic heterocycles. The quantitative estimate of drug-likeness (QED) is 0.316. The van der Waals surface area contributed by atoms with Crippen molar-refractivity contribution in [3.63, 3.8) is 0 Å². The van der Waals surface area contributed by atoms with Gasteiger partial charge in [-0.1, -0.05) is 34.8 Å². The maximum absolute atomic E-state index is 9.43. The molecule has 0 aliphatic carbocycles. The molecule has 0 aliphatic rings. The number of alkyl halides is 3. The summed E-state index contributed by atoms with van der Waals surface area (Å²) in [6.45, 7) is 0. The van der Waals surface area contributed by atoms with Gasteiger partial charge >= 0.3 is 0 Å². The largest absolute Gasteiger partial charge is 0.299 e. The molecule has 0 unspecified atom stereocenters. The maximum atomic E-state index is 9.43. The van der Waals surface area contributed by atoms with Crippen molar-refractivity contribution in [1.29, 1.82) is 0 Å². The van der Waals surface area contributed by atoms with E-state index in [2.05, 4.69) is 0 Å². The van der Waals surface area contributed by atoms with Gasteiger partial charge in [0, 0.05) is 37.7 Å². The van der Waals surface area contributed by atoms with Crippen LogP contribution in [0, 0.1) is 0 Å². The van der Waals surface area contributed by atoms with E-state index in [0.717, 1.165) is 0 Å². The van der Waals surface area contributed by atoms with Gasteiger partial charge in [0.1, 0.15) is 0 Å². The monoisotopic (exact) mass is 186 g/mol. The zero-order chi connectivity index (χ0) is 5.21. The Morgan fingerprint density at radius 2 is 1.43 bits per heavy atom. The van der Waals surface area contributed by atoms with E-state index in [4.69, 9.17) is 34.8 Å². The predicted molar refractivity (Wildman–Crippen MR) is 32.1 cm³/mol. The third kappa shape index (κ3) is 11.4. The second-order valence-electron chi connectivity index (χ2n) is 0.659. The molecule has 0 atom stereocenters. The van der Waals surface area contributed by atoms with Crippen molar-refractivity contribution in [2.45, 2.75) is 3.79 Å². The molecule has 0 N–H and O–H groups in total. The molecule has 0 spiro atoms. The smallest absolute Gasteiger partial charge is 0.245 e. The standard InChI is InChI=1S/C2HCl3O.Ca/c3-2(4,5)1-6;/h1H;. The number of hydrogen-bond donors (Lipinski definition) is 0. The molecule has 38 valence electrons. The molecule has 0 heterocycles. The topological polar surface area (TPSA) is 17.1 Å². The number of rotatable bonds is 0. The minimum atomic E-state index is -1.72. The Bertz CT molecular complexity index is 58.4. The van der Waals surface area contributed by atoms with Crippen LogP contribution in [0.4, 0.5) is 0 Å². The van der Waals surface area contributed by atoms with Crippen molar-refractivity contribution in [3.05, 3.63) is 0 Å². The Balaban J connectivity index is 0. The molecular formula is C2HCaCl3O. The predicted octanol–water partition coefficient (Wildman–Crippen LogP) is 1.17. The Labute approximate surface area is 86.3 Å². The normalized spacial score (nSPS) is 9.57. The molecule has 7 heavy (non-hydrogen) atoms. The number of carbonyl (C=O) groups is 1. The molecule has 0 bridgehead atoms. The van der Waals surface area contributed by atoms with Gasteiger partial charge in [0.15, 0.2) is 6.29 Å². The van der Waals surface area contributed by atoms with Crippen molar-refractivity contribution in [1.82, 2.24) is 0 Å². The van der Waals surface area contributed by atoms with Crippen molar-refractivity contribution < 1.29 is 4.79 Å². The first kappa shape index (κ1) is 11.6. The van der Waals surface area contributed by atoms with Crippen LogP contribution >= 0.6 is 34.8 Å². The van der Waals surface area contributed by atoms with Crippen LogP contribution in [0.1, 0.15) is 0 Å². The molecule has 0 fully saturated rings. The van der Waals surface area contributed by atoms with Crippen molar-refractivity contribution >= 4 is 78.8 Å². The van der Waals surface area contributed by atoms with Crippen LogP contribution in [0.15, 0.2) is 0 Å². The molecule has 0 saturated carbocycles. The van der Waals surface area contributed by atoms with Crippen LogP contribution in [0.5, 0.6) is 0 Å². The van der Waals surface area contributed by atoms with Crippen LogP contribution < -0.4 is 0 Å². The van der Waals surface area contributed by atoms with Gasteiger partial charge in [-0.15, -0.1) is 0 Å². The van der Waals surface area contributed by atoms with Gasteiger partial charge in [0.05, 0.1) is 0 Å². The van der Waals surface area contributed by atoms with E-state index in [-0.39, 0.29) is 44.0 Å². The average Bonchev–Trinajstić information content (AvgIpc) is 1.35. The molecule has 0 aromatic carbocycles. The van der Waals surface area contributed by atoms with Gasteiger partial charge in [-0.2, -0.15) is 0 Å². The zero-order valence-electron chi connectivity index (χ0n) is 3.33. The van der Waals surface area contributed by atoms with Crippen LogP contribution in [0.2, 0.25) is 0 Å². The first-order chi connectivity index (χ1) is 2.56. The molecule has 0 aromatic heterocycles. The van der Waals surface area contributed by atoms with E-state index in [0.29, 0.717) is 0 Å². The second-order valence-corrected chi connectivity index (χ2v) is 3.03. The van der Waals surface area contributed by atoms with Gasteiger partial charge in [-0.25, -0.2) is 0 Å². The summed E-state index contributed by atoms with van der Waals surface area (Å²) >= 11 is 14.6. The fourth-order valence-electron chi connectivity index (χ4n) is 0. The summed E-state index contributed by atoms with van der Waals surface area (Å²) < 4.78 is -1.72. The number of carbonyl (C=O) groups excluding carboxylic acids is 1. The summed E-state index contributed by atoms with van der Waals surface area (Å²) in [5.41, 5.74) is 0. The molecule has 2 radical (unpaired) electrons. The van der Waals surface area contributed by atoms with E-state index in [9.17, 15) is 4.79 Å². The minimum absolute atomic E-state index is 0. The molecular weight excluding hydrogens is 186 g/mol. The molecule has 5 heteroatoms. The molecule has 0 aromatic rings. The van der Waals surface area contributed by atoms with Gasteiger partial charge < -0.3 is 0 Å². The van der Waals surface area contributed by atoms with E-state index in [1.54, 1.807) is 0 Å².